The molecule has 2 aromatic carbocycles. The average Bonchev–Trinajstić information content (AvgIpc) is 3.07. The molecule has 0 N–H and O–H groups in total. The van der Waals surface area contributed by atoms with Crippen molar-refractivity contribution in [3.63, 3.8) is 0 Å². The standard InChI is InChI=1S/C20H18O3/c1-2-22-20(21)18-14-13-17(23-18)19(15-9-5-3-6-10-15)16-11-7-4-8-12-16/h3-14,19H,2H2,1H3. The Morgan fingerprint density at radius 2 is 1.48 bits per heavy atom. The van der Waals surface area contributed by atoms with E-state index >= 15 is 0 Å². The molecule has 23 heavy (non-hydrogen) atoms. The molecule has 0 aliphatic rings. The maximum atomic E-state index is 11.8. The summed E-state index contributed by atoms with van der Waals surface area (Å²) in [4.78, 5) is 11.8. The highest BCUT2D eigenvalue weighted by atomic mass is 16.5. The Morgan fingerprint density at radius 1 is 0.913 bits per heavy atom. The van der Waals surface area contributed by atoms with E-state index in [1.807, 2.05) is 42.5 Å². The van der Waals surface area contributed by atoms with Crippen LogP contribution in [0.1, 0.15) is 40.3 Å². The van der Waals surface area contributed by atoms with Gasteiger partial charge in [0.2, 0.25) is 5.76 Å². The molecule has 0 unspecified atom stereocenters. The molecule has 116 valence electrons. The molecule has 1 heterocycles. The first kappa shape index (κ1) is 15.1. The number of benzene rings is 2. The van der Waals surface area contributed by atoms with E-state index in [1.54, 1.807) is 13.0 Å². The largest absolute Gasteiger partial charge is 0.460 e. The van der Waals surface area contributed by atoms with Gasteiger partial charge in [-0.05, 0) is 30.2 Å². The molecule has 0 saturated heterocycles. The molecule has 0 amide bonds. The minimum atomic E-state index is -0.432. The molecular weight excluding hydrogens is 288 g/mol. The van der Waals surface area contributed by atoms with Crippen molar-refractivity contribution in [2.24, 2.45) is 0 Å². The van der Waals surface area contributed by atoms with Crippen molar-refractivity contribution >= 4 is 5.97 Å². The molecular formula is C20H18O3. The van der Waals surface area contributed by atoms with Gasteiger partial charge in [-0.2, -0.15) is 0 Å². The summed E-state index contributed by atoms with van der Waals surface area (Å²) in [6, 6.07) is 23.7. The Labute approximate surface area is 135 Å². The lowest BCUT2D eigenvalue weighted by atomic mass is 9.89. The van der Waals surface area contributed by atoms with Gasteiger partial charge in [0.05, 0.1) is 12.5 Å². The minimum Gasteiger partial charge on any atom is -0.460 e. The normalized spacial score (nSPS) is 10.7. The van der Waals surface area contributed by atoms with Crippen LogP contribution in [0.5, 0.6) is 0 Å². The van der Waals surface area contributed by atoms with E-state index in [0.717, 1.165) is 16.9 Å². The molecule has 0 fully saturated rings. The van der Waals surface area contributed by atoms with Crippen molar-refractivity contribution in [2.75, 3.05) is 6.61 Å². The van der Waals surface area contributed by atoms with Crippen molar-refractivity contribution in [3.8, 4) is 0 Å². The molecule has 0 aliphatic heterocycles. The van der Waals surface area contributed by atoms with Gasteiger partial charge in [-0.1, -0.05) is 60.7 Å². The van der Waals surface area contributed by atoms with Gasteiger partial charge in [-0.25, -0.2) is 4.79 Å². The van der Waals surface area contributed by atoms with E-state index < -0.39 is 5.97 Å². The molecule has 3 aromatic rings. The van der Waals surface area contributed by atoms with Crippen LogP contribution in [0.3, 0.4) is 0 Å². The van der Waals surface area contributed by atoms with E-state index in [1.165, 1.54) is 0 Å². The predicted octanol–water partition coefficient (Wildman–Crippen LogP) is 4.64. The molecule has 0 saturated carbocycles. The van der Waals surface area contributed by atoms with E-state index in [9.17, 15) is 4.79 Å². The Morgan fingerprint density at radius 3 is 2.00 bits per heavy atom. The lowest BCUT2D eigenvalue weighted by molar-refractivity contribution is 0.0488. The first-order chi connectivity index (χ1) is 11.3. The van der Waals surface area contributed by atoms with Crippen LogP contribution in [0.2, 0.25) is 0 Å². The molecule has 3 rings (SSSR count). The number of carbonyl (C=O) groups excluding carboxylic acids is 1. The fraction of sp³-hybridized carbons (Fsp3) is 0.150. The predicted molar refractivity (Wildman–Crippen MR) is 88.5 cm³/mol. The first-order valence-electron chi connectivity index (χ1n) is 7.66. The smallest absolute Gasteiger partial charge is 0.374 e. The fourth-order valence-corrected chi connectivity index (χ4v) is 2.63. The Kier molecular flexibility index (Phi) is 4.57. The Balaban J connectivity index is 2.01. The monoisotopic (exact) mass is 306 g/mol. The summed E-state index contributed by atoms with van der Waals surface area (Å²) >= 11 is 0. The average molecular weight is 306 g/mol. The molecule has 1 aromatic heterocycles. The number of furan rings is 1. The van der Waals surface area contributed by atoms with Crippen molar-refractivity contribution in [1.29, 1.82) is 0 Å². The van der Waals surface area contributed by atoms with Crippen LogP contribution in [-0.4, -0.2) is 12.6 Å². The van der Waals surface area contributed by atoms with Crippen molar-refractivity contribution in [2.45, 2.75) is 12.8 Å². The molecule has 0 bridgehead atoms. The maximum Gasteiger partial charge on any atom is 0.374 e. The summed E-state index contributed by atoms with van der Waals surface area (Å²) in [5.74, 6) is 0.475. The topological polar surface area (TPSA) is 39.4 Å². The van der Waals surface area contributed by atoms with E-state index in [2.05, 4.69) is 24.3 Å². The zero-order chi connectivity index (χ0) is 16.1. The molecule has 0 aliphatic carbocycles. The minimum absolute atomic E-state index is 0.0550. The molecule has 0 spiro atoms. The van der Waals surface area contributed by atoms with Gasteiger partial charge in [0.1, 0.15) is 5.76 Å². The summed E-state index contributed by atoms with van der Waals surface area (Å²) in [5, 5.41) is 0. The van der Waals surface area contributed by atoms with Crippen LogP contribution >= 0.6 is 0 Å². The summed E-state index contributed by atoms with van der Waals surface area (Å²) in [6.45, 7) is 2.11. The molecule has 0 atom stereocenters. The quantitative estimate of drug-likeness (QED) is 0.645. The third-order valence-electron chi connectivity index (χ3n) is 3.65. The SMILES string of the molecule is CCOC(=O)c1ccc(C(c2ccccc2)c2ccccc2)o1. The molecule has 3 heteroatoms. The third kappa shape index (κ3) is 3.34. The van der Waals surface area contributed by atoms with Gasteiger partial charge >= 0.3 is 5.97 Å². The van der Waals surface area contributed by atoms with Crippen LogP contribution in [0.15, 0.2) is 77.2 Å². The van der Waals surface area contributed by atoms with Gasteiger partial charge in [-0.15, -0.1) is 0 Å². The van der Waals surface area contributed by atoms with Gasteiger partial charge in [0.25, 0.3) is 0 Å². The van der Waals surface area contributed by atoms with E-state index in [0.29, 0.717) is 6.61 Å². The Bertz CT molecular complexity index is 720. The van der Waals surface area contributed by atoms with Crippen molar-refractivity contribution in [3.05, 3.63) is 95.4 Å². The van der Waals surface area contributed by atoms with Crippen LogP contribution in [0, 0.1) is 0 Å². The van der Waals surface area contributed by atoms with Crippen LogP contribution in [-0.2, 0) is 4.74 Å². The molecule has 0 radical (unpaired) electrons. The number of hydrogen-bond acceptors (Lipinski definition) is 3. The van der Waals surface area contributed by atoms with Gasteiger partial charge in [0.15, 0.2) is 0 Å². The second-order valence-electron chi connectivity index (χ2n) is 5.18. The lowest BCUT2D eigenvalue weighted by Gasteiger charge is -2.15. The summed E-state index contributed by atoms with van der Waals surface area (Å²) in [6.07, 6.45) is 0. The zero-order valence-corrected chi connectivity index (χ0v) is 12.9. The third-order valence-corrected chi connectivity index (χ3v) is 3.65. The highest BCUT2D eigenvalue weighted by Crippen LogP contribution is 2.32. The second kappa shape index (κ2) is 6.97. The molecule has 3 nitrogen and oxygen atoms in total. The summed E-state index contributed by atoms with van der Waals surface area (Å²) < 4.78 is 10.8. The van der Waals surface area contributed by atoms with Gasteiger partial charge < -0.3 is 9.15 Å². The van der Waals surface area contributed by atoms with E-state index in [4.69, 9.17) is 9.15 Å². The lowest BCUT2D eigenvalue weighted by Crippen LogP contribution is -2.04. The van der Waals surface area contributed by atoms with Crippen LogP contribution in [0.25, 0.3) is 0 Å². The zero-order valence-electron chi connectivity index (χ0n) is 12.9. The number of ether oxygens (including phenoxy) is 1. The Hall–Kier alpha value is -2.81. The number of carbonyl (C=O) groups is 1. The van der Waals surface area contributed by atoms with Gasteiger partial charge in [0, 0.05) is 0 Å². The van der Waals surface area contributed by atoms with Crippen LogP contribution in [0.4, 0.5) is 0 Å². The number of rotatable bonds is 5. The van der Waals surface area contributed by atoms with E-state index in [-0.39, 0.29) is 11.7 Å². The van der Waals surface area contributed by atoms with Crippen LogP contribution < -0.4 is 0 Å². The number of esters is 1. The fourth-order valence-electron chi connectivity index (χ4n) is 2.63. The summed E-state index contributed by atoms with van der Waals surface area (Å²) in [5.41, 5.74) is 2.23. The second-order valence-corrected chi connectivity index (χ2v) is 5.18. The van der Waals surface area contributed by atoms with Gasteiger partial charge in [-0.3, -0.25) is 0 Å². The number of hydrogen-bond donors (Lipinski definition) is 0. The first-order valence-corrected chi connectivity index (χ1v) is 7.66. The maximum absolute atomic E-state index is 11.8. The van der Waals surface area contributed by atoms with Crippen molar-refractivity contribution in [1.82, 2.24) is 0 Å². The van der Waals surface area contributed by atoms with Crippen molar-refractivity contribution < 1.29 is 13.9 Å². The highest BCUT2D eigenvalue weighted by Gasteiger charge is 2.22. The summed E-state index contributed by atoms with van der Waals surface area (Å²) in [7, 11) is 0. The highest BCUT2D eigenvalue weighted by molar-refractivity contribution is 5.86.